The van der Waals surface area contributed by atoms with Crippen molar-refractivity contribution in [3.63, 3.8) is 0 Å². The van der Waals surface area contributed by atoms with Gasteiger partial charge < -0.3 is 9.47 Å². The van der Waals surface area contributed by atoms with Gasteiger partial charge in [-0.2, -0.15) is 25.3 Å². The molecule has 0 aromatic heterocycles. The molecule has 0 N–H and O–H groups in total. The fraction of sp³-hybridized carbons (Fsp3) is 0.300. The first kappa shape index (κ1) is 23.3. The number of carbonyl (C=O) groups is 2. The molecule has 9 heteroatoms. The van der Waals surface area contributed by atoms with Crippen molar-refractivity contribution in [1.29, 1.82) is 0 Å². The zero-order valence-electron chi connectivity index (χ0n) is 15.6. The number of hydrogen-bond acceptors (Lipinski definition) is 8. The van der Waals surface area contributed by atoms with Crippen molar-refractivity contribution in [3.05, 3.63) is 54.1 Å². The van der Waals surface area contributed by atoms with E-state index in [2.05, 4.69) is 25.3 Å². The molecule has 0 fully saturated rings. The van der Waals surface area contributed by atoms with Crippen LogP contribution in [0.25, 0.3) is 0 Å². The van der Waals surface area contributed by atoms with E-state index in [1.807, 2.05) is 0 Å². The maximum absolute atomic E-state index is 12.8. The zero-order valence-corrected chi connectivity index (χ0v) is 18.2. The summed E-state index contributed by atoms with van der Waals surface area (Å²) in [7, 11) is -3.70. The third-order valence-electron chi connectivity index (χ3n) is 3.87. The average Bonchev–Trinajstić information content (AvgIpc) is 2.72. The number of benzene rings is 2. The molecule has 0 unspecified atom stereocenters. The van der Waals surface area contributed by atoms with Crippen LogP contribution in [0.5, 0.6) is 5.75 Å². The van der Waals surface area contributed by atoms with Gasteiger partial charge in [0.1, 0.15) is 19.0 Å². The Morgan fingerprint density at radius 1 is 0.828 bits per heavy atom. The average molecular weight is 455 g/mol. The lowest BCUT2D eigenvalue weighted by atomic mass is 10.2. The minimum absolute atomic E-state index is 0.0743. The standard InChI is InChI=1S/C20H22O6S3/c21-16(9-11-27)14-25-17-3-7-19(8-4-17)29(23,24)18-5-1-15(2-6-18)13-26-20(22)10-12-28/h1-8,27-28H,9-14H2. The first-order valence-electron chi connectivity index (χ1n) is 8.82. The van der Waals surface area contributed by atoms with E-state index in [1.165, 1.54) is 36.4 Å². The molecule has 0 aliphatic heterocycles. The maximum atomic E-state index is 12.8. The van der Waals surface area contributed by atoms with Gasteiger partial charge in [0.05, 0.1) is 16.2 Å². The SMILES string of the molecule is O=C(CCS)COc1ccc(S(=O)(=O)c2ccc(COC(=O)CCS)cc2)cc1. The van der Waals surface area contributed by atoms with Gasteiger partial charge in [0.15, 0.2) is 5.78 Å². The van der Waals surface area contributed by atoms with Gasteiger partial charge in [0, 0.05) is 12.2 Å². The first-order valence-corrected chi connectivity index (χ1v) is 11.6. The van der Waals surface area contributed by atoms with Crippen molar-refractivity contribution >= 4 is 46.8 Å². The van der Waals surface area contributed by atoms with Crippen molar-refractivity contribution in [3.8, 4) is 5.75 Å². The second kappa shape index (κ2) is 11.3. The molecule has 29 heavy (non-hydrogen) atoms. The smallest absolute Gasteiger partial charge is 0.306 e. The number of ether oxygens (including phenoxy) is 2. The normalized spacial score (nSPS) is 11.1. The number of Topliss-reactive ketones (excluding diaryl/α,β-unsaturated/α-hetero) is 1. The second-order valence-corrected chi connectivity index (χ2v) is 8.90. The number of carbonyl (C=O) groups excluding carboxylic acids is 2. The highest BCUT2D eigenvalue weighted by Crippen LogP contribution is 2.23. The Bertz CT molecular complexity index is 850. The molecule has 0 bridgehead atoms. The van der Waals surface area contributed by atoms with Crippen molar-refractivity contribution in [1.82, 2.24) is 0 Å². The van der Waals surface area contributed by atoms with Crippen molar-refractivity contribution < 1.29 is 27.5 Å². The molecular weight excluding hydrogens is 432 g/mol. The highest BCUT2D eigenvalue weighted by Gasteiger charge is 2.18. The lowest BCUT2D eigenvalue weighted by Gasteiger charge is -2.09. The Hall–Kier alpha value is -1.97. The summed E-state index contributed by atoms with van der Waals surface area (Å²) < 4.78 is 35.9. The van der Waals surface area contributed by atoms with Crippen LogP contribution < -0.4 is 4.74 Å². The van der Waals surface area contributed by atoms with Crippen LogP contribution >= 0.6 is 25.3 Å². The van der Waals surface area contributed by atoms with E-state index < -0.39 is 9.84 Å². The Morgan fingerprint density at radius 2 is 1.38 bits per heavy atom. The summed E-state index contributed by atoms with van der Waals surface area (Å²) in [6.07, 6.45) is 0.540. The van der Waals surface area contributed by atoms with Crippen LogP contribution in [0.3, 0.4) is 0 Å². The van der Waals surface area contributed by atoms with Gasteiger partial charge in [0.2, 0.25) is 9.84 Å². The Balaban J connectivity index is 2.02. The van der Waals surface area contributed by atoms with Crippen molar-refractivity contribution in [2.45, 2.75) is 29.2 Å². The molecule has 0 amide bonds. The molecule has 0 radical (unpaired) electrons. The highest BCUT2D eigenvalue weighted by molar-refractivity contribution is 7.91. The molecule has 0 heterocycles. The maximum Gasteiger partial charge on any atom is 0.306 e. The van der Waals surface area contributed by atoms with Crippen LogP contribution in [0, 0.1) is 0 Å². The number of rotatable bonds is 11. The predicted molar refractivity (Wildman–Crippen MR) is 116 cm³/mol. The van der Waals surface area contributed by atoms with Gasteiger partial charge in [-0.15, -0.1) is 0 Å². The Labute approximate surface area is 181 Å². The summed E-state index contributed by atoms with van der Waals surface area (Å²) in [5.41, 5.74) is 0.686. The van der Waals surface area contributed by atoms with Crippen molar-refractivity contribution in [2.24, 2.45) is 0 Å². The summed E-state index contributed by atoms with van der Waals surface area (Å²) in [5.74, 6) is 0.844. The van der Waals surface area contributed by atoms with E-state index >= 15 is 0 Å². The van der Waals surface area contributed by atoms with E-state index in [4.69, 9.17) is 9.47 Å². The first-order chi connectivity index (χ1) is 13.9. The van der Waals surface area contributed by atoms with Gasteiger partial charge in [-0.25, -0.2) is 8.42 Å². The van der Waals surface area contributed by atoms with E-state index in [1.54, 1.807) is 12.1 Å². The lowest BCUT2D eigenvalue weighted by Crippen LogP contribution is -2.11. The molecule has 2 aromatic carbocycles. The monoisotopic (exact) mass is 454 g/mol. The predicted octanol–water partition coefficient (Wildman–Crippen LogP) is 3.15. The van der Waals surface area contributed by atoms with Gasteiger partial charge in [-0.05, 0) is 47.7 Å². The lowest BCUT2D eigenvalue weighted by molar-refractivity contribution is -0.144. The van der Waals surface area contributed by atoms with Gasteiger partial charge >= 0.3 is 5.97 Å². The van der Waals surface area contributed by atoms with Gasteiger partial charge in [0.25, 0.3) is 0 Å². The number of esters is 1. The molecule has 0 spiro atoms. The van der Waals surface area contributed by atoms with Crippen LogP contribution in [-0.2, 0) is 30.8 Å². The summed E-state index contributed by atoms with van der Waals surface area (Å²) in [6, 6.07) is 12.0. The Kier molecular flexibility index (Phi) is 9.06. The molecule has 0 saturated heterocycles. The fourth-order valence-corrected chi connectivity index (χ4v) is 4.00. The fourth-order valence-electron chi connectivity index (χ4n) is 2.30. The topological polar surface area (TPSA) is 86.7 Å². The molecule has 0 atom stereocenters. The zero-order chi connectivity index (χ0) is 21.3. The van der Waals surface area contributed by atoms with Crippen LogP contribution in [0.4, 0.5) is 0 Å². The Morgan fingerprint density at radius 3 is 1.93 bits per heavy atom. The van der Waals surface area contributed by atoms with Crippen LogP contribution in [0.2, 0.25) is 0 Å². The third-order valence-corrected chi connectivity index (χ3v) is 6.11. The molecular formula is C20H22O6S3. The summed E-state index contributed by atoms with van der Waals surface area (Å²) in [5, 5.41) is 0. The van der Waals surface area contributed by atoms with Crippen molar-refractivity contribution in [2.75, 3.05) is 18.1 Å². The van der Waals surface area contributed by atoms with Crippen LogP contribution in [-0.4, -0.2) is 38.3 Å². The van der Waals surface area contributed by atoms with Crippen LogP contribution in [0.1, 0.15) is 18.4 Å². The number of thiol groups is 2. The minimum Gasteiger partial charge on any atom is -0.486 e. The summed E-state index contributed by atoms with van der Waals surface area (Å²) >= 11 is 7.95. The molecule has 156 valence electrons. The molecule has 0 aliphatic rings. The largest absolute Gasteiger partial charge is 0.486 e. The number of hydrogen-bond donors (Lipinski definition) is 2. The van der Waals surface area contributed by atoms with E-state index in [0.717, 1.165) is 0 Å². The van der Waals surface area contributed by atoms with E-state index in [-0.39, 0.29) is 41.2 Å². The van der Waals surface area contributed by atoms with E-state index in [0.29, 0.717) is 29.2 Å². The summed E-state index contributed by atoms with van der Waals surface area (Å²) in [6.45, 7) is -0.00238. The number of ketones is 1. The quantitative estimate of drug-likeness (QED) is 0.401. The second-order valence-electron chi connectivity index (χ2n) is 6.05. The molecule has 0 aliphatic carbocycles. The van der Waals surface area contributed by atoms with Crippen LogP contribution in [0.15, 0.2) is 58.3 Å². The molecule has 2 aromatic rings. The highest BCUT2D eigenvalue weighted by atomic mass is 32.2. The number of sulfone groups is 1. The minimum atomic E-state index is -3.70. The van der Waals surface area contributed by atoms with E-state index in [9.17, 15) is 18.0 Å². The molecule has 6 nitrogen and oxygen atoms in total. The van der Waals surface area contributed by atoms with Gasteiger partial charge in [-0.3, -0.25) is 9.59 Å². The van der Waals surface area contributed by atoms with Gasteiger partial charge in [-0.1, -0.05) is 12.1 Å². The third kappa shape index (κ3) is 7.09. The molecule has 0 saturated carbocycles. The summed E-state index contributed by atoms with van der Waals surface area (Å²) in [4.78, 5) is 23.1. The molecule has 2 rings (SSSR count).